The Balaban J connectivity index is 3.01. The molecule has 0 saturated heterocycles. The van der Waals surface area contributed by atoms with Crippen molar-refractivity contribution in [1.29, 1.82) is 0 Å². The SMILES string of the molecule is O=C(O)CCSCCSC(=O)O. The van der Waals surface area contributed by atoms with Gasteiger partial charge >= 0.3 is 11.3 Å². The molecule has 0 atom stereocenters. The Morgan fingerprint density at radius 3 is 2.25 bits per heavy atom. The third-order valence-corrected chi connectivity index (χ3v) is 2.81. The summed E-state index contributed by atoms with van der Waals surface area (Å²) < 4.78 is 0. The molecule has 6 heteroatoms. The first-order chi connectivity index (χ1) is 5.63. The monoisotopic (exact) mass is 210 g/mol. The molecule has 0 aliphatic carbocycles. The lowest BCUT2D eigenvalue weighted by molar-refractivity contribution is -0.136. The fourth-order valence-electron chi connectivity index (χ4n) is 0.449. The van der Waals surface area contributed by atoms with Gasteiger partial charge in [0.1, 0.15) is 0 Å². The molecule has 0 rings (SSSR count). The number of carboxylic acid groups (broad SMARTS) is 2. The summed E-state index contributed by atoms with van der Waals surface area (Å²) in [7, 11) is 0. The highest BCUT2D eigenvalue weighted by atomic mass is 32.2. The molecule has 0 heterocycles. The number of rotatable bonds is 6. The van der Waals surface area contributed by atoms with Crippen LogP contribution in [0, 0.1) is 0 Å². The van der Waals surface area contributed by atoms with Gasteiger partial charge in [0.25, 0.3) is 0 Å². The van der Waals surface area contributed by atoms with E-state index in [0.29, 0.717) is 17.3 Å². The molecular weight excluding hydrogens is 200 g/mol. The second-order valence-corrected chi connectivity index (χ2v) is 4.14. The van der Waals surface area contributed by atoms with Crippen molar-refractivity contribution in [3.05, 3.63) is 0 Å². The van der Waals surface area contributed by atoms with E-state index in [2.05, 4.69) is 0 Å². The molecule has 0 radical (unpaired) electrons. The normalized spacial score (nSPS) is 9.67. The van der Waals surface area contributed by atoms with Crippen LogP contribution in [0.4, 0.5) is 4.79 Å². The van der Waals surface area contributed by atoms with Gasteiger partial charge in [0.15, 0.2) is 0 Å². The van der Waals surface area contributed by atoms with Gasteiger partial charge in [0.05, 0.1) is 6.42 Å². The second kappa shape index (κ2) is 7.30. The maximum Gasteiger partial charge on any atom is 0.364 e. The van der Waals surface area contributed by atoms with Gasteiger partial charge in [-0.05, 0) is 11.8 Å². The smallest absolute Gasteiger partial charge is 0.364 e. The molecule has 0 unspecified atom stereocenters. The molecule has 0 bridgehead atoms. The van der Waals surface area contributed by atoms with Crippen LogP contribution in [0.3, 0.4) is 0 Å². The Hall–Kier alpha value is -0.360. The van der Waals surface area contributed by atoms with E-state index in [1.165, 1.54) is 11.8 Å². The third kappa shape index (κ3) is 9.64. The maximum atomic E-state index is 10.0. The lowest BCUT2D eigenvalue weighted by Crippen LogP contribution is -1.97. The van der Waals surface area contributed by atoms with E-state index in [0.717, 1.165) is 11.8 Å². The fraction of sp³-hybridized carbons (Fsp3) is 0.667. The maximum absolute atomic E-state index is 10.0. The fourth-order valence-corrected chi connectivity index (χ4v) is 1.95. The summed E-state index contributed by atoms with van der Waals surface area (Å²) in [6, 6.07) is 0. The molecular formula is C6H10O4S2. The molecule has 12 heavy (non-hydrogen) atoms. The van der Waals surface area contributed by atoms with Crippen LogP contribution in [0.2, 0.25) is 0 Å². The number of carbonyl (C=O) groups is 2. The quantitative estimate of drug-likeness (QED) is 0.649. The van der Waals surface area contributed by atoms with Crippen LogP contribution >= 0.6 is 23.5 Å². The minimum absolute atomic E-state index is 0.141. The summed E-state index contributed by atoms with van der Waals surface area (Å²) in [5.41, 5.74) is 0. The standard InChI is InChI=1S/C6H10O4S2/c7-5(8)1-2-11-3-4-12-6(9)10/h1-4H2,(H,7,8)(H,9,10). The molecule has 0 aromatic carbocycles. The van der Waals surface area contributed by atoms with Crippen LogP contribution in [0.15, 0.2) is 0 Å². The molecule has 0 fully saturated rings. The lowest BCUT2D eigenvalue weighted by atomic mass is 10.5. The van der Waals surface area contributed by atoms with Crippen molar-refractivity contribution in [2.24, 2.45) is 0 Å². The van der Waals surface area contributed by atoms with Crippen molar-refractivity contribution in [1.82, 2.24) is 0 Å². The average molecular weight is 210 g/mol. The highest BCUT2D eigenvalue weighted by molar-refractivity contribution is 8.13. The first-order valence-corrected chi connectivity index (χ1v) is 5.42. The zero-order valence-corrected chi connectivity index (χ0v) is 7.99. The van der Waals surface area contributed by atoms with E-state index in [1.54, 1.807) is 0 Å². The second-order valence-electron chi connectivity index (χ2n) is 1.87. The molecule has 0 saturated carbocycles. The molecule has 0 amide bonds. The van der Waals surface area contributed by atoms with Crippen LogP contribution < -0.4 is 0 Å². The summed E-state index contributed by atoms with van der Waals surface area (Å²) in [6.07, 6.45) is 0.141. The Bertz CT molecular complexity index is 142. The molecule has 2 N–H and O–H groups in total. The summed E-state index contributed by atoms with van der Waals surface area (Å²) >= 11 is 2.30. The number of thioether (sulfide) groups is 2. The summed E-state index contributed by atoms with van der Waals surface area (Å²) in [5, 5.41) is 15.6. The minimum Gasteiger partial charge on any atom is -0.481 e. The highest BCUT2D eigenvalue weighted by Crippen LogP contribution is 2.08. The van der Waals surface area contributed by atoms with Gasteiger partial charge in [0, 0.05) is 17.3 Å². The predicted octanol–water partition coefficient (Wildman–Crippen LogP) is 1.61. The molecule has 0 aliphatic rings. The van der Waals surface area contributed by atoms with Crippen LogP contribution in [-0.4, -0.2) is 38.7 Å². The van der Waals surface area contributed by atoms with Crippen molar-refractivity contribution < 1.29 is 19.8 Å². The molecule has 70 valence electrons. The summed E-state index contributed by atoms with van der Waals surface area (Å²) in [4.78, 5) is 20.0. The highest BCUT2D eigenvalue weighted by Gasteiger charge is 1.98. The van der Waals surface area contributed by atoms with Crippen LogP contribution in [-0.2, 0) is 4.79 Å². The largest absolute Gasteiger partial charge is 0.481 e. The zero-order chi connectivity index (χ0) is 9.40. The molecule has 4 nitrogen and oxygen atoms in total. The van der Waals surface area contributed by atoms with E-state index in [4.69, 9.17) is 10.2 Å². The molecule has 0 spiro atoms. The Morgan fingerprint density at radius 2 is 1.75 bits per heavy atom. The van der Waals surface area contributed by atoms with Crippen LogP contribution in [0.5, 0.6) is 0 Å². The molecule has 0 aromatic rings. The first kappa shape index (κ1) is 11.6. The van der Waals surface area contributed by atoms with Gasteiger partial charge in [-0.2, -0.15) is 11.8 Å². The third-order valence-electron chi connectivity index (χ3n) is 0.913. The Labute approximate surface area is 78.7 Å². The lowest BCUT2D eigenvalue weighted by Gasteiger charge is -1.96. The summed E-state index contributed by atoms with van der Waals surface area (Å²) in [6.45, 7) is 0. The van der Waals surface area contributed by atoms with Crippen LogP contribution in [0.1, 0.15) is 6.42 Å². The minimum atomic E-state index is -0.881. The Kier molecular flexibility index (Phi) is 7.08. The first-order valence-electron chi connectivity index (χ1n) is 3.28. The Morgan fingerprint density at radius 1 is 1.08 bits per heavy atom. The summed E-state index contributed by atoms with van der Waals surface area (Å²) in [5.74, 6) is 0.952. The van der Waals surface area contributed by atoms with Gasteiger partial charge in [0.2, 0.25) is 0 Å². The number of carboxylic acids is 1. The predicted molar refractivity (Wildman–Crippen MR) is 50.1 cm³/mol. The zero-order valence-electron chi connectivity index (χ0n) is 6.36. The van der Waals surface area contributed by atoms with Crippen molar-refractivity contribution in [2.75, 3.05) is 17.3 Å². The van der Waals surface area contributed by atoms with Gasteiger partial charge in [-0.15, -0.1) is 0 Å². The topological polar surface area (TPSA) is 74.6 Å². The number of aliphatic carboxylic acids is 1. The van der Waals surface area contributed by atoms with Gasteiger partial charge < -0.3 is 10.2 Å². The van der Waals surface area contributed by atoms with E-state index in [1.807, 2.05) is 0 Å². The van der Waals surface area contributed by atoms with Gasteiger partial charge in [-0.25, -0.2) is 4.79 Å². The van der Waals surface area contributed by atoms with Crippen molar-refractivity contribution in [3.8, 4) is 0 Å². The van der Waals surface area contributed by atoms with Crippen molar-refractivity contribution in [2.45, 2.75) is 6.42 Å². The van der Waals surface area contributed by atoms with E-state index in [9.17, 15) is 9.59 Å². The number of hydrogen-bond acceptors (Lipinski definition) is 4. The van der Waals surface area contributed by atoms with Crippen LogP contribution in [0.25, 0.3) is 0 Å². The van der Waals surface area contributed by atoms with Gasteiger partial charge in [-0.3, -0.25) is 4.79 Å². The number of hydrogen-bond donors (Lipinski definition) is 2. The molecule has 0 aliphatic heterocycles. The van der Waals surface area contributed by atoms with E-state index < -0.39 is 11.3 Å². The van der Waals surface area contributed by atoms with Crippen molar-refractivity contribution in [3.63, 3.8) is 0 Å². The average Bonchev–Trinajstić information content (AvgIpc) is 1.95. The van der Waals surface area contributed by atoms with E-state index >= 15 is 0 Å². The van der Waals surface area contributed by atoms with Gasteiger partial charge in [-0.1, -0.05) is 0 Å². The van der Waals surface area contributed by atoms with Crippen molar-refractivity contribution >= 4 is 34.8 Å². The van der Waals surface area contributed by atoms with E-state index in [-0.39, 0.29) is 6.42 Å². The molecule has 0 aromatic heterocycles.